The second-order valence-electron chi connectivity index (χ2n) is 12.3. The average molecular weight is 818 g/mol. The van der Waals surface area contributed by atoms with Crippen molar-refractivity contribution in [1.29, 1.82) is 10.5 Å². The fourth-order valence-electron chi connectivity index (χ4n) is 5.62. The molecule has 0 saturated carbocycles. The SMILES string of the molecule is Clc1nc(-c2ccccc2)cc(-c2ccccc2)n1.N#Cc1c(F)ccc(-c2nc(-c3ccccc3)cc(-c3ccccc3)n2)c1F.N#Cc1c(F)ccc(O[B]O)c1F. The van der Waals surface area contributed by atoms with Crippen LogP contribution in [-0.2, 0) is 0 Å². The maximum absolute atomic E-state index is 14.7. The van der Waals surface area contributed by atoms with Crippen LogP contribution in [0.3, 0.4) is 0 Å². The molecule has 0 amide bonds. The van der Waals surface area contributed by atoms with Crippen LogP contribution in [0.1, 0.15) is 11.1 Å². The van der Waals surface area contributed by atoms with Gasteiger partial charge in [0.25, 0.3) is 0 Å². The molecule has 0 saturated heterocycles. The summed E-state index contributed by atoms with van der Waals surface area (Å²) in [5.74, 6) is -4.29. The summed E-state index contributed by atoms with van der Waals surface area (Å²) in [6.45, 7) is 0. The number of nitriles is 2. The summed E-state index contributed by atoms with van der Waals surface area (Å²) in [5, 5.41) is 25.8. The van der Waals surface area contributed by atoms with Crippen molar-refractivity contribution in [3.05, 3.63) is 197 Å². The zero-order chi connectivity index (χ0) is 42.4. The number of hydrogen-bond donors (Lipinski definition) is 1. The Kier molecular flexibility index (Phi) is 14.1. The lowest BCUT2D eigenvalue weighted by Crippen LogP contribution is -2.03. The van der Waals surface area contributed by atoms with E-state index in [1.807, 2.05) is 133 Å². The summed E-state index contributed by atoms with van der Waals surface area (Å²) in [7, 11) is 0.247. The minimum absolute atomic E-state index is 0.0205. The molecule has 1 N–H and O–H groups in total. The predicted molar refractivity (Wildman–Crippen MR) is 221 cm³/mol. The highest BCUT2D eigenvalue weighted by Crippen LogP contribution is 2.30. The van der Waals surface area contributed by atoms with E-state index < -0.39 is 40.1 Å². The Morgan fingerprint density at radius 1 is 0.500 bits per heavy atom. The smallest absolute Gasteiger partial charge is 0.535 e. The third kappa shape index (κ3) is 10.2. The van der Waals surface area contributed by atoms with Crippen molar-refractivity contribution < 1.29 is 27.2 Å². The van der Waals surface area contributed by atoms with Gasteiger partial charge in [-0.3, -0.25) is 0 Å². The Morgan fingerprint density at radius 2 is 0.867 bits per heavy atom. The van der Waals surface area contributed by atoms with E-state index in [1.165, 1.54) is 12.1 Å². The highest BCUT2D eigenvalue weighted by molar-refractivity contribution is 6.28. The Balaban J connectivity index is 0.000000163. The van der Waals surface area contributed by atoms with Gasteiger partial charge >= 0.3 is 7.69 Å². The fraction of sp³-hybridized carbons (Fsp3) is 0. The maximum Gasteiger partial charge on any atom is 0.569 e. The van der Waals surface area contributed by atoms with E-state index in [1.54, 1.807) is 6.07 Å². The van der Waals surface area contributed by atoms with Gasteiger partial charge in [-0.15, -0.1) is 0 Å². The lowest BCUT2D eigenvalue weighted by molar-refractivity contribution is 0.428. The standard InChI is InChI=1S/C23H13F2N3.C16H11ClN2.C7H3BF2NO2/c24-19-12-11-17(22(25)18(19)14-26)23-27-20(15-7-3-1-4-8-15)13-21(28-23)16-9-5-2-6-10-16;17-16-18-14(12-7-3-1-4-8-12)11-15(19-16)13-9-5-2-6-10-13;9-5-1-2-6(13-8-12)7(10)4(5)3-11/h1-13H;1-11H;1-2,12H. The molecule has 6 aromatic carbocycles. The Morgan fingerprint density at radius 3 is 1.25 bits per heavy atom. The topological polar surface area (TPSA) is 129 Å². The highest BCUT2D eigenvalue weighted by atomic mass is 35.5. The van der Waals surface area contributed by atoms with Crippen LogP contribution in [0.2, 0.25) is 5.28 Å². The van der Waals surface area contributed by atoms with Gasteiger partial charge in [0.15, 0.2) is 17.5 Å². The number of benzene rings is 6. The summed E-state index contributed by atoms with van der Waals surface area (Å²) in [5.41, 5.74) is 5.21. The highest BCUT2D eigenvalue weighted by Gasteiger charge is 2.19. The van der Waals surface area contributed by atoms with E-state index in [-0.39, 0.29) is 24.4 Å². The molecule has 0 fully saturated rings. The van der Waals surface area contributed by atoms with Crippen molar-refractivity contribution in [2.45, 2.75) is 0 Å². The molecule has 14 heteroatoms. The quantitative estimate of drug-likeness (QED) is 0.0956. The van der Waals surface area contributed by atoms with Crippen LogP contribution < -0.4 is 4.65 Å². The summed E-state index contributed by atoms with van der Waals surface area (Å²) in [4.78, 5) is 17.5. The minimum Gasteiger partial charge on any atom is -0.535 e. The first-order valence-electron chi connectivity index (χ1n) is 17.7. The van der Waals surface area contributed by atoms with Crippen molar-refractivity contribution in [3.8, 4) is 74.3 Å². The molecule has 8 nitrogen and oxygen atoms in total. The van der Waals surface area contributed by atoms with Crippen molar-refractivity contribution in [2.24, 2.45) is 0 Å². The Hall–Kier alpha value is -7.71. The second kappa shape index (κ2) is 20.1. The first kappa shape index (κ1) is 41.9. The molecule has 8 rings (SSSR count). The van der Waals surface area contributed by atoms with E-state index in [9.17, 15) is 17.6 Å². The molecule has 1 radical (unpaired) electrons. The Labute approximate surface area is 347 Å². The van der Waals surface area contributed by atoms with Crippen molar-refractivity contribution >= 4 is 19.3 Å². The van der Waals surface area contributed by atoms with E-state index >= 15 is 0 Å². The third-order valence-electron chi connectivity index (χ3n) is 8.49. The number of aromatic nitrogens is 4. The number of halogens is 5. The molecule has 0 unspecified atom stereocenters. The molecule has 2 aromatic heterocycles. The number of hydrogen-bond acceptors (Lipinski definition) is 8. The van der Waals surface area contributed by atoms with Gasteiger partial charge in [0.1, 0.15) is 40.6 Å². The molecule has 8 aromatic rings. The minimum atomic E-state index is -1.13. The summed E-state index contributed by atoms with van der Waals surface area (Å²) >= 11 is 6.03. The monoisotopic (exact) mass is 817 g/mol. The molecule has 0 aliphatic heterocycles. The molecule has 0 aliphatic carbocycles. The van der Waals surface area contributed by atoms with Crippen molar-refractivity contribution in [2.75, 3.05) is 0 Å². The average Bonchev–Trinajstić information content (AvgIpc) is 3.29. The second-order valence-corrected chi connectivity index (χ2v) is 12.6. The normalized spacial score (nSPS) is 10.1. The molecule has 2 heterocycles. The van der Waals surface area contributed by atoms with E-state index in [0.717, 1.165) is 51.8 Å². The molecule has 0 atom stereocenters. The van der Waals surface area contributed by atoms with Gasteiger partial charge in [-0.25, -0.2) is 37.5 Å². The van der Waals surface area contributed by atoms with Crippen molar-refractivity contribution in [1.82, 2.24) is 19.9 Å². The lowest BCUT2D eigenvalue weighted by Gasteiger charge is -2.10. The predicted octanol–water partition coefficient (Wildman–Crippen LogP) is 10.8. The van der Waals surface area contributed by atoms with Gasteiger partial charge < -0.3 is 9.68 Å². The maximum atomic E-state index is 14.7. The molecular formula is C46H27BClF4N6O2. The molecule has 291 valence electrons. The molecular weight excluding hydrogens is 791 g/mol. The van der Waals surface area contributed by atoms with Gasteiger partial charge in [0.2, 0.25) is 5.28 Å². The van der Waals surface area contributed by atoms with E-state index in [2.05, 4.69) is 24.6 Å². The molecule has 0 aliphatic rings. The van der Waals surface area contributed by atoms with Gasteiger partial charge in [-0.05, 0) is 48.0 Å². The van der Waals surface area contributed by atoms with Crippen LogP contribution in [-0.4, -0.2) is 32.6 Å². The van der Waals surface area contributed by atoms with Crippen LogP contribution in [0.5, 0.6) is 5.75 Å². The van der Waals surface area contributed by atoms with Crippen LogP contribution in [0.15, 0.2) is 158 Å². The number of nitrogens with zero attached hydrogens (tertiary/aromatic N) is 6. The van der Waals surface area contributed by atoms with Crippen molar-refractivity contribution in [3.63, 3.8) is 0 Å². The summed E-state index contributed by atoms with van der Waals surface area (Å²) < 4.78 is 58.4. The van der Waals surface area contributed by atoms with Gasteiger partial charge in [-0.2, -0.15) is 10.5 Å². The first-order valence-corrected chi connectivity index (χ1v) is 18.1. The first-order chi connectivity index (χ1) is 29.2. The summed E-state index contributed by atoms with van der Waals surface area (Å²) in [6, 6.07) is 49.6. The molecule has 60 heavy (non-hydrogen) atoms. The number of rotatable bonds is 7. The third-order valence-corrected chi connectivity index (χ3v) is 8.66. The molecule has 0 spiro atoms. The fourth-order valence-corrected chi connectivity index (χ4v) is 5.81. The van der Waals surface area contributed by atoms with Gasteiger partial charge in [0.05, 0.1) is 28.3 Å². The van der Waals surface area contributed by atoms with Crippen LogP contribution in [0.4, 0.5) is 17.6 Å². The lowest BCUT2D eigenvalue weighted by atomic mass is 10.1. The van der Waals surface area contributed by atoms with E-state index in [0.29, 0.717) is 11.4 Å². The van der Waals surface area contributed by atoms with Gasteiger partial charge in [-0.1, -0.05) is 121 Å². The molecule has 0 bridgehead atoms. The van der Waals surface area contributed by atoms with Gasteiger partial charge in [0, 0.05) is 22.3 Å². The zero-order valence-corrected chi connectivity index (χ0v) is 31.8. The van der Waals surface area contributed by atoms with Crippen LogP contribution in [0, 0.1) is 45.9 Å². The van der Waals surface area contributed by atoms with Crippen LogP contribution in [0.25, 0.3) is 56.4 Å². The Bertz CT molecular complexity index is 2700. The van der Waals surface area contributed by atoms with Crippen LogP contribution >= 0.6 is 11.6 Å². The van der Waals surface area contributed by atoms with E-state index in [4.69, 9.17) is 27.1 Å². The largest absolute Gasteiger partial charge is 0.569 e. The summed E-state index contributed by atoms with van der Waals surface area (Å²) in [6.07, 6.45) is 0. The zero-order valence-electron chi connectivity index (χ0n) is 31.0.